The van der Waals surface area contributed by atoms with Crippen LogP contribution in [0.1, 0.15) is 29.5 Å². The zero-order valence-electron chi connectivity index (χ0n) is 13.7. The molecule has 3 aromatic rings. The minimum absolute atomic E-state index is 0.0105. The largest absolute Gasteiger partial charge is 0.301 e. The van der Waals surface area contributed by atoms with Crippen molar-refractivity contribution in [2.75, 3.05) is 5.32 Å². The minimum atomic E-state index is -0.597. The topological polar surface area (TPSA) is 42.0 Å². The Labute approximate surface area is 155 Å². The second kappa shape index (κ2) is 6.28. The van der Waals surface area contributed by atoms with Gasteiger partial charge >= 0.3 is 0 Å². The number of anilines is 1. The maximum atomic E-state index is 13.2. The number of hydrogen-bond acceptors (Lipinski definition) is 3. The molecule has 0 radical (unpaired) electrons. The summed E-state index contributed by atoms with van der Waals surface area (Å²) in [6.07, 6.45) is 2.37. The molecule has 1 N–H and O–H groups in total. The van der Waals surface area contributed by atoms with Gasteiger partial charge in [-0.1, -0.05) is 48.0 Å². The van der Waals surface area contributed by atoms with Crippen LogP contribution in [0.3, 0.4) is 0 Å². The van der Waals surface area contributed by atoms with E-state index in [1.54, 1.807) is 6.20 Å². The van der Waals surface area contributed by atoms with Crippen molar-refractivity contribution in [3.63, 3.8) is 0 Å². The summed E-state index contributed by atoms with van der Waals surface area (Å²) in [7, 11) is 0. The predicted molar refractivity (Wildman–Crippen MR) is 102 cm³/mol. The molecule has 1 aliphatic rings. The average Bonchev–Trinajstić information content (AvgIpc) is 3.21. The van der Waals surface area contributed by atoms with Gasteiger partial charge in [0.1, 0.15) is 0 Å². The number of hydrogen-bond donors (Lipinski definition) is 1. The van der Waals surface area contributed by atoms with Crippen molar-refractivity contribution in [3.8, 4) is 0 Å². The Kier molecular flexibility index (Phi) is 4.10. The van der Waals surface area contributed by atoms with Crippen LogP contribution in [-0.4, -0.2) is 10.9 Å². The van der Waals surface area contributed by atoms with Crippen LogP contribution in [0, 0.1) is 5.41 Å². The first-order valence-corrected chi connectivity index (χ1v) is 9.38. The van der Waals surface area contributed by atoms with E-state index in [0.29, 0.717) is 16.6 Å². The van der Waals surface area contributed by atoms with Crippen molar-refractivity contribution < 1.29 is 4.79 Å². The van der Waals surface area contributed by atoms with Gasteiger partial charge in [-0.05, 0) is 42.2 Å². The lowest BCUT2D eigenvalue weighted by Gasteiger charge is -2.31. The summed E-state index contributed by atoms with van der Waals surface area (Å²) in [5.74, 6) is -0.0500. The summed E-state index contributed by atoms with van der Waals surface area (Å²) in [5, 5.41) is 6.18. The standard InChI is InChI=1S/C20H17ClN2OS/c1-20(18(24)23-19-22-9-10-25-19)12-14-7-8-15(21)11-16(14)17(20)13-5-3-2-4-6-13/h2-11,17H,12H2,1H3,(H,22,23,24). The Balaban J connectivity index is 1.79. The van der Waals surface area contributed by atoms with E-state index in [1.807, 2.05) is 48.7 Å². The van der Waals surface area contributed by atoms with E-state index in [2.05, 4.69) is 22.4 Å². The van der Waals surface area contributed by atoms with Crippen molar-refractivity contribution in [2.45, 2.75) is 19.3 Å². The Morgan fingerprint density at radius 2 is 2.08 bits per heavy atom. The number of carbonyl (C=O) groups is 1. The molecule has 1 heterocycles. The Morgan fingerprint density at radius 3 is 2.80 bits per heavy atom. The summed E-state index contributed by atoms with van der Waals surface area (Å²) in [4.78, 5) is 17.4. The summed E-state index contributed by atoms with van der Waals surface area (Å²) in [6, 6.07) is 16.1. The number of halogens is 1. The molecule has 0 spiro atoms. The first kappa shape index (κ1) is 16.3. The highest BCUT2D eigenvalue weighted by atomic mass is 35.5. The Hall–Kier alpha value is -2.17. The van der Waals surface area contributed by atoms with Crippen LogP contribution in [0.4, 0.5) is 5.13 Å². The van der Waals surface area contributed by atoms with Crippen LogP contribution >= 0.6 is 22.9 Å². The third-order valence-corrected chi connectivity index (χ3v) is 5.84. The molecule has 25 heavy (non-hydrogen) atoms. The number of thiazole rings is 1. The normalized spacial score (nSPS) is 21.8. The van der Waals surface area contributed by atoms with Gasteiger partial charge < -0.3 is 5.32 Å². The van der Waals surface area contributed by atoms with Gasteiger partial charge in [-0.2, -0.15) is 0 Å². The fourth-order valence-electron chi connectivity index (χ4n) is 3.77. The van der Waals surface area contributed by atoms with Gasteiger partial charge in [-0.15, -0.1) is 11.3 Å². The highest BCUT2D eigenvalue weighted by molar-refractivity contribution is 7.13. The number of aromatic nitrogens is 1. The van der Waals surface area contributed by atoms with Gasteiger partial charge in [0.15, 0.2) is 5.13 Å². The van der Waals surface area contributed by atoms with E-state index in [0.717, 1.165) is 11.1 Å². The van der Waals surface area contributed by atoms with Crippen LogP contribution in [0.2, 0.25) is 5.02 Å². The lowest BCUT2D eigenvalue weighted by molar-refractivity contribution is -0.125. The summed E-state index contributed by atoms with van der Waals surface area (Å²) in [5.41, 5.74) is 2.84. The highest BCUT2D eigenvalue weighted by Gasteiger charge is 2.48. The number of carbonyl (C=O) groups excluding carboxylic acids is 1. The Morgan fingerprint density at radius 1 is 1.28 bits per heavy atom. The van der Waals surface area contributed by atoms with E-state index in [9.17, 15) is 4.79 Å². The van der Waals surface area contributed by atoms with Gasteiger partial charge in [0.2, 0.25) is 5.91 Å². The lowest BCUT2D eigenvalue weighted by atomic mass is 9.73. The van der Waals surface area contributed by atoms with Crippen molar-refractivity contribution >= 4 is 34.0 Å². The summed E-state index contributed by atoms with van der Waals surface area (Å²) < 4.78 is 0. The zero-order chi connectivity index (χ0) is 17.4. The molecule has 0 bridgehead atoms. The molecule has 2 unspecified atom stereocenters. The zero-order valence-corrected chi connectivity index (χ0v) is 15.3. The van der Waals surface area contributed by atoms with Crippen molar-refractivity contribution in [1.29, 1.82) is 0 Å². The molecule has 126 valence electrons. The number of rotatable bonds is 3. The fourth-order valence-corrected chi connectivity index (χ4v) is 4.47. The molecule has 5 heteroatoms. The number of nitrogens with one attached hydrogen (secondary N) is 1. The van der Waals surface area contributed by atoms with Gasteiger partial charge in [0.05, 0.1) is 5.41 Å². The number of fused-ring (bicyclic) bond motifs is 1. The number of nitrogens with zero attached hydrogens (tertiary/aromatic N) is 1. The van der Waals surface area contributed by atoms with E-state index < -0.39 is 5.41 Å². The lowest BCUT2D eigenvalue weighted by Crippen LogP contribution is -2.37. The van der Waals surface area contributed by atoms with Gasteiger partial charge in [-0.25, -0.2) is 4.98 Å². The van der Waals surface area contributed by atoms with Crippen LogP contribution in [0.15, 0.2) is 60.1 Å². The predicted octanol–water partition coefficient (Wildman–Crippen LogP) is 5.13. The maximum absolute atomic E-state index is 13.2. The third kappa shape index (κ3) is 2.86. The average molecular weight is 369 g/mol. The minimum Gasteiger partial charge on any atom is -0.301 e. The molecule has 2 aromatic carbocycles. The first-order chi connectivity index (χ1) is 12.1. The van der Waals surface area contributed by atoms with E-state index in [1.165, 1.54) is 16.9 Å². The molecule has 0 saturated heterocycles. The smallest absolute Gasteiger partial charge is 0.233 e. The molecule has 1 aliphatic carbocycles. The van der Waals surface area contributed by atoms with Crippen LogP contribution in [0.5, 0.6) is 0 Å². The van der Waals surface area contributed by atoms with Crippen LogP contribution in [-0.2, 0) is 11.2 Å². The molecule has 1 aromatic heterocycles. The second-order valence-corrected chi connectivity index (χ2v) is 7.90. The van der Waals surface area contributed by atoms with E-state index in [4.69, 9.17) is 11.6 Å². The highest BCUT2D eigenvalue weighted by Crippen LogP contribution is 2.51. The molecule has 0 fully saturated rings. The van der Waals surface area contributed by atoms with Crippen molar-refractivity contribution in [1.82, 2.24) is 4.98 Å². The quantitative estimate of drug-likeness (QED) is 0.696. The molecule has 4 rings (SSSR count). The molecule has 1 amide bonds. The summed E-state index contributed by atoms with van der Waals surface area (Å²) >= 11 is 7.68. The van der Waals surface area contributed by atoms with Gasteiger partial charge in [0.25, 0.3) is 0 Å². The maximum Gasteiger partial charge on any atom is 0.233 e. The molecular weight excluding hydrogens is 352 g/mol. The SMILES string of the molecule is CC1(C(=O)Nc2nccs2)Cc2ccc(Cl)cc2C1c1ccccc1. The van der Waals surface area contributed by atoms with Crippen LogP contribution in [0.25, 0.3) is 0 Å². The fraction of sp³-hybridized carbons (Fsp3) is 0.200. The van der Waals surface area contributed by atoms with Gasteiger partial charge in [-0.3, -0.25) is 4.79 Å². The molecule has 3 nitrogen and oxygen atoms in total. The van der Waals surface area contributed by atoms with Crippen molar-refractivity contribution in [2.24, 2.45) is 5.41 Å². The Bertz CT molecular complexity index is 911. The number of benzene rings is 2. The van der Waals surface area contributed by atoms with Crippen molar-refractivity contribution in [3.05, 3.63) is 81.8 Å². The molecule has 2 atom stereocenters. The number of amides is 1. The molecule has 0 saturated carbocycles. The monoisotopic (exact) mass is 368 g/mol. The molecule has 0 aliphatic heterocycles. The van der Waals surface area contributed by atoms with Crippen LogP contribution < -0.4 is 5.32 Å². The molecular formula is C20H17ClN2OS. The van der Waals surface area contributed by atoms with Gasteiger partial charge in [0, 0.05) is 22.5 Å². The third-order valence-electron chi connectivity index (χ3n) is 4.92. The second-order valence-electron chi connectivity index (χ2n) is 6.57. The summed E-state index contributed by atoms with van der Waals surface area (Å²) in [6.45, 7) is 2.03. The first-order valence-electron chi connectivity index (χ1n) is 8.12. The van der Waals surface area contributed by atoms with E-state index in [-0.39, 0.29) is 11.8 Å². The van der Waals surface area contributed by atoms with E-state index >= 15 is 0 Å².